The highest BCUT2D eigenvalue weighted by atomic mass is 32.2. The van der Waals surface area contributed by atoms with Gasteiger partial charge in [0, 0.05) is 36.1 Å². The Kier molecular flexibility index (Phi) is 3.96. The molecule has 2 atom stereocenters. The number of rotatable bonds is 3. The summed E-state index contributed by atoms with van der Waals surface area (Å²) in [5, 5.41) is 1.71. The number of likely N-dealkylation sites (tertiary alicyclic amines) is 1. The van der Waals surface area contributed by atoms with Crippen molar-refractivity contribution >= 4 is 21.2 Å². The second-order valence-electron chi connectivity index (χ2n) is 7.38. The predicted octanol–water partition coefficient (Wildman–Crippen LogP) is 3.87. The van der Waals surface area contributed by atoms with E-state index in [0.717, 1.165) is 29.1 Å². The molecule has 2 aliphatic rings. The molecule has 0 unspecified atom stereocenters. The highest BCUT2D eigenvalue weighted by Crippen LogP contribution is 2.46. The van der Waals surface area contributed by atoms with Crippen molar-refractivity contribution in [3.05, 3.63) is 70.9 Å². The minimum atomic E-state index is -3.26. The molecular weight excluding hydrogens is 376 g/mol. The van der Waals surface area contributed by atoms with E-state index in [1.165, 1.54) is 4.88 Å². The third-order valence-electron chi connectivity index (χ3n) is 5.59. The summed E-state index contributed by atoms with van der Waals surface area (Å²) >= 11 is 1.68. The second-order valence-corrected chi connectivity index (χ2v) is 10.5. The lowest BCUT2D eigenvalue weighted by atomic mass is 9.96. The van der Waals surface area contributed by atoms with Crippen molar-refractivity contribution in [1.82, 2.24) is 9.88 Å². The van der Waals surface area contributed by atoms with Crippen molar-refractivity contribution in [2.24, 2.45) is 0 Å². The summed E-state index contributed by atoms with van der Waals surface area (Å²) in [7, 11) is -3.26. The van der Waals surface area contributed by atoms with Gasteiger partial charge in [0.15, 0.2) is 9.84 Å². The molecule has 4 heterocycles. The van der Waals surface area contributed by atoms with Crippen molar-refractivity contribution in [3.8, 4) is 10.4 Å². The van der Waals surface area contributed by atoms with E-state index < -0.39 is 9.84 Å². The Labute approximate surface area is 163 Å². The number of thiophene rings is 1. The molecule has 0 saturated carbocycles. The van der Waals surface area contributed by atoms with E-state index in [9.17, 15) is 8.42 Å². The highest BCUT2D eigenvalue weighted by molar-refractivity contribution is 7.92. The van der Waals surface area contributed by atoms with Gasteiger partial charge in [-0.1, -0.05) is 18.2 Å². The van der Waals surface area contributed by atoms with E-state index in [-0.39, 0.29) is 11.2 Å². The largest absolute Gasteiger partial charge is 0.296 e. The summed E-state index contributed by atoms with van der Waals surface area (Å²) in [6, 6.07) is 16.0. The molecule has 0 spiro atoms. The Bertz CT molecular complexity index is 1110. The third-order valence-corrected chi connectivity index (χ3v) is 8.77. The molecule has 1 aromatic carbocycles. The van der Waals surface area contributed by atoms with Gasteiger partial charge >= 0.3 is 0 Å². The molecule has 0 bridgehead atoms. The standard InChI is InChI=1S/C21H20N2O2S2/c1-14-4-2-5-16(22-14)11-23-12-18-17-10-15(19-6-3-9-26-19)7-8-20(17)27(24,25)21(18)13-23/h2-10,18,21H,11-13H2,1H3/t18-,21+/m0/s1. The molecule has 0 N–H and O–H groups in total. The van der Waals surface area contributed by atoms with Crippen LogP contribution in [0.2, 0.25) is 0 Å². The fourth-order valence-corrected chi connectivity index (χ4v) is 7.29. The summed E-state index contributed by atoms with van der Waals surface area (Å²) in [6.45, 7) is 4.02. The van der Waals surface area contributed by atoms with Crippen LogP contribution in [-0.4, -0.2) is 36.6 Å². The van der Waals surface area contributed by atoms with Gasteiger partial charge in [0.1, 0.15) is 0 Å². The fraction of sp³-hybridized carbons (Fsp3) is 0.286. The number of benzene rings is 1. The maximum atomic E-state index is 13.1. The zero-order valence-corrected chi connectivity index (χ0v) is 16.6. The number of nitrogens with zero attached hydrogens (tertiary/aromatic N) is 2. The van der Waals surface area contributed by atoms with Crippen LogP contribution in [0.25, 0.3) is 10.4 Å². The van der Waals surface area contributed by atoms with E-state index in [2.05, 4.69) is 22.0 Å². The smallest absolute Gasteiger partial charge is 0.183 e. The quantitative estimate of drug-likeness (QED) is 0.674. The molecule has 1 fully saturated rings. The molecule has 2 aromatic heterocycles. The average Bonchev–Trinajstić information content (AvgIpc) is 3.34. The van der Waals surface area contributed by atoms with Gasteiger partial charge in [-0.15, -0.1) is 11.3 Å². The Morgan fingerprint density at radius 1 is 1.15 bits per heavy atom. The van der Waals surface area contributed by atoms with Gasteiger partial charge < -0.3 is 0 Å². The summed E-state index contributed by atoms with van der Waals surface area (Å²) in [5.74, 6) is 0.0507. The Hall–Kier alpha value is -2.02. The normalized spacial score (nSPS) is 23.3. The number of pyridine rings is 1. The molecular formula is C21H20N2O2S2. The summed E-state index contributed by atoms with van der Waals surface area (Å²) in [5.41, 5.74) is 4.09. The van der Waals surface area contributed by atoms with E-state index in [4.69, 9.17) is 0 Å². The number of hydrogen-bond donors (Lipinski definition) is 0. The molecule has 0 aliphatic carbocycles. The van der Waals surface area contributed by atoms with Crippen LogP contribution < -0.4 is 0 Å². The van der Waals surface area contributed by atoms with Crippen LogP contribution in [0, 0.1) is 6.92 Å². The molecule has 138 valence electrons. The minimum absolute atomic E-state index is 0.0507. The number of aryl methyl sites for hydroxylation is 1. The molecule has 1 saturated heterocycles. The van der Waals surface area contributed by atoms with Crippen LogP contribution in [0.15, 0.2) is 58.8 Å². The minimum Gasteiger partial charge on any atom is -0.296 e. The molecule has 3 aromatic rings. The first-order valence-corrected chi connectivity index (χ1v) is 11.5. The van der Waals surface area contributed by atoms with Crippen molar-refractivity contribution in [3.63, 3.8) is 0 Å². The topological polar surface area (TPSA) is 50.3 Å². The van der Waals surface area contributed by atoms with Crippen molar-refractivity contribution in [1.29, 1.82) is 0 Å². The van der Waals surface area contributed by atoms with E-state index in [0.29, 0.717) is 18.0 Å². The van der Waals surface area contributed by atoms with Crippen molar-refractivity contribution < 1.29 is 8.42 Å². The first kappa shape index (κ1) is 17.1. The lowest BCUT2D eigenvalue weighted by Gasteiger charge is -2.17. The number of hydrogen-bond acceptors (Lipinski definition) is 5. The van der Waals surface area contributed by atoms with E-state index in [1.807, 2.05) is 48.7 Å². The second kappa shape index (κ2) is 6.26. The van der Waals surface area contributed by atoms with Gasteiger partial charge in [-0.05, 0) is 53.8 Å². The first-order chi connectivity index (χ1) is 13.0. The summed E-state index contributed by atoms with van der Waals surface area (Å²) in [4.78, 5) is 8.51. The SMILES string of the molecule is Cc1cccc(CN2C[C@@H]3[C@@H](C2)c2cc(-c4cccs4)ccc2S3(=O)=O)n1. The van der Waals surface area contributed by atoms with Gasteiger partial charge in [0.25, 0.3) is 0 Å². The molecule has 2 aliphatic heterocycles. The van der Waals surface area contributed by atoms with Gasteiger partial charge in [0.05, 0.1) is 15.8 Å². The van der Waals surface area contributed by atoms with Gasteiger partial charge in [-0.3, -0.25) is 9.88 Å². The van der Waals surface area contributed by atoms with Crippen LogP contribution in [0.1, 0.15) is 22.9 Å². The molecule has 0 amide bonds. The summed E-state index contributed by atoms with van der Waals surface area (Å²) in [6.07, 6.45) is 0. The molecule has 27 heavy (non-hydrogen) atoms. The Morgan fingerprint density at radius 2 is 2.04 bits per heavy atom. The first-order valence-electron chi connectivity index (χ1n) is 9.09. The van der Waals surface area contributed by atoms with Crippen molar-refractivity contribution in [2.45, 2.75) is 29.5 Å². The zero-order valence-electron chi connectivity index (χ0n) is 15.0. The average molecular weight is 397 g/mol. The third kappa shape index (κ3) is 2.83. The Balaban J connectivity index is 1.47. The lowest BCUT2D eigenvalue weighted by Crippen LogP contribution is -2.26. The number of fused-ring (bicyclic) bond motifs is 3. The van der Waals surface area contributed by atoms with Crippen LogP contribution in [0.5, 0.6) is 0 Å². The molecule has 4 nitrogen and oxygen atoms in total. The van der Waals surface area contributed by atoms with Crippen LogP contribution in [-0.2, 0) is 16.4 Å². The fourth-order valence-electron chi connectivity index (χ4n) is 4.37. The predicted molar refractivity (Wildman–Crippen MR) is 108 cm³/mol. The van der Waals surface area contributed by atoms with E-state index >= 15 is 0 Å². The van der Waals surface area contributed by atoms with Crippen LogP contribution >= 0.6 is 11.3 Å². The number of aromatic nitrogens is 1. The highest BCUT2D eigenvalue weighted by Gasteiger charge is 2.50. The van der Waals surface area contributed by atoms with Gasteiger partial charge in [-0.2, -0.15) is 0 Å². The Morgan fingerprint density at radius 3 is 2.81 bits per heavy atom. The molecule has 6 heteroatoms. The zero-order chi connectivity index (χ0) is 18.6. The molecule has 0 radical (unpaired) electrons. The number of sulfone groups is 1. The van der Waals surface area contributed by atoms with Crippen LogP contribution in [0.3, 0.4) is 0 Å². The maximum Gasteiger partial charge on any atom is 0.183 e. The lowest BCUT2D eigenvalue weighted by molar-refractivity contribution is 0.321. The van der Waals surface area contributed by atoms with E-state index in [1.54, 1.807) is 11.3 Å². The van der Waals surface area contributed by atoms with Crippen LogP contribution in [0.4, 0.5) is 0 Å². The summed E-state index contributed by atoms with van der Waals surface area (Å²) < 4.78 is 26.2. The molecule has 5 rings (SSSR count). The van der Waals surface area contributed by atoms with Gasteiger partial charge in [0.2, 0.25) is 0 Å². The monoisotopic (exact) mass is 396 g/mol. The van der Waals surface area contributed by atoms with Crippen molar-refractivity contribution in [2.75, 3.05) is 13.1 Å². The maximum absolute atomic E-state index is 13.1. The van der Waals surface area contributed by atoms with Gasteiger partial charge in [-0.25, -0.2) is 8.42 Å².